The van der Waals surface area contributed by atoms with Crippen LogP contribution in [0.15, 0.2) is 24.3 Å². The summed E-state index contributed by atoms with van der Waals surface area (Å²) in [5, 5.41) is 0.408. The molecule has 2 aliphatic rings. The van der Waals surface area contributed by atoms with Crippen LogP contribution in [0.1, 0.15) is 12.8 Å². The fourth-order valence-corrected chi connectivity index (χ4v) is 2.16. The summed E-state index contributed by atoms with van der Waals surface area (Å²) in [5.74, 6) is -1.56. The molecular formula is C12H9ClN2O3. The van der Waals surface area contributed by atoms with Gasteiger partial charge in [0.1, 0.15) is 0 Å². The van der Waals surface area contributed by atoms with E-state index >= 15 is 0 Å². The van der Waals surface area contributed by atoms with E-state index in [1.807, 2.05) is 0 Å². The normalized spacial score (nSPS) is 19.9. The van der Waals surface area contributed by atoms with Crippen LogP contribution in [0.4, 0.5) is 10.5 Å². The van der Waals surface area contributed by atoms with Crippen molar-refractivity contribution >= 4 is 35.1 Å². The number of imide groups is 2. The van der Waals surface area contributed by atoms with Crippen LogP contribution in [-0.2, 0) is 9.59 Å². The molecular weight excluding hydrogens is 256 g/mol. The number of hydrogen-bond donors (Lipinski definition) is 0. The molecule has 4 amide bonds. The number of rotatable bonds is 2. The number of amides is 4. The second-order valence-corrected chi connectivity index (χ2v) is 4.75. The first-order valence-electron chi connectivity index (χ1n) is 5.57. The molecule has 1 heterocycles. The third kappa shape index (κ3) is 1.59. The Kier molecular flexibility index (Phi) is 2.38. The van der Waals surface area contributed by atoms with Crippen LogP contribution in [0.3, 0.4) is 0 Å². The first-order chi connectivity index (χ1) is 8.59. The lowest BCUT2D eigenvalue weighted by Gasteiger charge is -2.14. The SMILES string of the molecule is O=C1C(=O)N(C2CC2)C(=O)N1c1cccc(Cl)c1. The minimum Gasteiger partial charge on any atom is -0.263 e. The maximum Gasteiger partial charge on any atom is 0.339 e. The highest BCUT2D eigenvalue weighted by Gasteiger charge is 2.51. The van der Waals surface area contributed by atoms with Gasteiger partial charge in [0.2, 0.25) is 0 Å². The first-order valence-corrected chi connectivity index (χ1v) is 5.94. The van der Waals surface area contributed by atoms with Crippen LogP contribution >= 0.6 is 11.6 Å². The zero-order valence-electron chi connectivity index (χ0n) is 9.30. The molecule has 0 N–H and O–H groups in total. The van der Waals surface area contributed by atoms with Gasteiger partial charge >= 0.3 is 17.8 Å². The first kappa shape index (κ1) is 11.2. The molecule has 0 radical (unpaired) electrons. The van der Waals surface area contributed by atoms with E-state index in [9.17, 15) is 14.4 Å². The molecule has 18 heavy (non-hydrogen) atoms. The van der Waals surface area contributed by atoms with Gasteiger partial charge in [0.05, 0.1) is 5.69 Å². The number of anilines is 1. The summed E-state index contributed by atoms with van der Waals surface area (Å²) in [4.78, 5) is 37.6. The van der Waals surface area contributed by atoms with E-state index in [0.29, 0.717) is 10.7 Å². The molecule has 1 aliphatic carbocycles. The molecule has 1 aromatic carbocycles. The van der Waals surface area contributed by atoms with Crippen molar-refractivity contribution < 1.29 is 14.4 Å². The quantitative estimate of drug-likeness (QED) is 0.604. The summed E-state index contributed by atoms with van der Waals surface area (Å²) >= 11 is 5.82. The summed E-state index contributed by atoms with van der Waals surface area (Å²) in [6.45, 7) is 0. The van der Waals surface area contributed by atoms with Gasteiger partial charge in [0, 0.05) is 11.1 Å². The van der Waals surface area contributed by atoms with Crippen molar-refractivity contribution in [1.29, 1.82) is 0 Å². The highest BCUT2D eigenvalue weighted by molar-refractivity contribution is 6.53. The highest BCUT2D eigenvalue weighted by Crippen LogP contribution is 2.33. The van der Waals surface area contributed by atoms with E-state index in [1.54, 1.807) is 18.2 Å². The van der Waals surface area contributed by atoms with E-state index in [1.165, 1.54) is 6.07 Å². The summed E-state index contributed by atoms with van der Waals surface area (Å²) in [7, 11) is 0. The minimum absolute atomic E-state index is 0.113. The van der Waals surface area contributed by atoms with E-state index in [-0.39, 0.29) is 6.04 Å². The largest absolute Gasteiger partial charge is 0.339 e. The molecule has 0 unspecified atom stereocenters. The number of nitrogens with zero attached hydrogens (tertiary/aromatic N) is 2. The standard InChI is InChI=1S/C12H9ClN2O3/c13-7-2-1-3-9(6-7)15-11(17)10(16)14(12(15)18)8-4-5-8/h1-3,6,8H,4-5H2. The third-order valence-corrected chi connectivity index (χ3v) is 3.22. The highest BCUT2D eigenvalue weighted by atomic mass is 35.5. The molecule has 1 saturated carbocycles. The van der Waals surface area contributed by atoms with Crippen LogP contribution in [0, 0.1) is 0 Å². The summed E-state index contributed by atoms with van der Waals surface area (Å²) in [5.41, 5.74) is 0.328. The molecule has 0 aromatic heterocycles. The molecule has 1 aliphatic heterocycles. The zero-order chi connectivity index (χ0) is 12.9. The lowest BCUT2D eigenvalue weighted by atomic mass is 10.3. The molecule has 92 valence electrons. The lowest BCUT2D eigenvalue weighted by Crippen LogP contribution is -2.34. The second-order valence-electron chi connectivity index (χ2n) is 4.31. The molecule has 1 aromatic rings. The maximum absolute atomic E-state index is 12.1. The van der Waals surface area contributed by atoms with E-state index in [4.69, 9.17) is 11.6 Å². The average molecular weight is 265 g/mol. The number of halogens is 1. The van der Waals surface area contributed by atoms with Gasteiger partial charge in [-0.1, -0.05) is 17.7 Å². The van der Waals surface area contributed by atoms with Crippen molar-refractivity contribution in [3.05, 3.63) is 29.3 Å². The second kappa shape index (κ2) is 3.81. The Morgan fingerprint density at radius 1 is 1.11 bits per heavy atom. The van der Waals surface area contributed by atoms with Gasteiger partial charge in [-0.15, -0.1) is 0 Å². The van der Waals surface area contributed by atoms with Gasteiger partial charge in [0.15, 0.2) is 0 Å². The van der Waals surface area contributed by atoms with Crippen LogP contribution in [0.25, 0.3) is 0 Å². The maximum atomic E-state index is 12.1. The van der Waals surface area contributed by atoms with Crippen molar-refractivity contribution in [2.24, 2.45) is 0 Å². The van der Waals surface area contributed by atoms with Gasteiger partial charge in [-0.2, -0.15) is 0 Å². The zero-order valence-corrected chi connectivity index (χ0v) is 10.1. The van der Waals surface area contributed by atoms with E-state index in [2.05, 4.69) is 0 Å². The topological polar surface area (TPSA) is 57.7 Å². The van der Waals surface area contributed by atoms with Crippen LogP contribution in [0.5, 0.6) is 0 Å². The van der Waals surface area contributed by atoms with Crippen molar-refractivity contribution in [1.82, 2.24) is 4.90 Å². The predicted molar refractivity (Wildman–Crippen MR) is 64.2 cm³/mol. The van der Waals surface area contributed by atoms with Gasteiger partial charge in [-0.25, -0.2) is 9.69 Å². The van der Waals surface area contributed by atoms with Gasteiger partial charge in [0.25, 0.3) is 0 Å². The smallest absolute Gasteiger partial charge is 0.263 e. The molecule has 0 spiro atoms. The lowest BCUT2D eigenvalue weighted by molar-refractivity contribution is -0.139. The fourth-order valence-electron chi connectivity index (χ4n) is 1.98. The van der Waals surface area contributed by atoms with E-state index in [0.717, 1.165) is 22.6 Å². The number of carbonyl (C=O) groups is 3. The van der Waals surface area contributed by atoms with Crippen molar-refractivity contribution in [3.8, 4) is 0 Å². The van der Waals surface area contributed by atoms with Crippen LogP contribution < -0.4 is 4.90 Å². The Morgan fingerprint density at radius 2 is 1.83 bits per heavy atom. The van der Waals surface area contributed by atoms with Crippen molar-refractivity contribution in [3.63, 3.8) is 0 Å². The molecule has 1 saturated heterocycles. The van der Waals surface area contributed by atoms with Crippen molar-refractivity contribution in [2.45, 2.75) is 18.9 Å². The molecule has 0 atom stereocenters. The Bertz CT molecular complexity index is 568. The van der Waals surface area contributed by atoms with Gasteiger partial charge in [-0.3, -0.25) is 14.5 Å². The summed E-state index contributed by atoms with van der Waals surface area (Å²) < 4.78 is 0. The Hall–Kier alpha value is -1.88. The molecule has 3 rings (SSSR count). The number of urea groups is 1. The van der Waals surface area contributed by atoms with E-state index < -0.39 is 17.8 Å². The summed E-state index contributed by atoms with van der Waals surface area (Å²) in [6.07, 6.45) is 1.54. The Balaban J connectivity index is 1.99. The number of hydrogen-bond acceptors (Lipinski definition) is 3. The van der Waals surface area contributed by atoms with Gasteiger partial charge in [-0.05, 0) is 31.0 Å². The molecule has 2 fully saturated rings. The predicted octanol–water partition coefficient (Wildman–Crippen LogP) is 1.80. The number of carbonyl (C=O) groups excluding carboxylic acids is 3. The fraction of sp³-hybridized carbons (Fsp3) is 0.250. The Morgan fingerprint density at radius 3 is 2.44 bits per heavy atom. The van der Waals surface area contributed by atoms with Crippen molar-refractivity contribution in [2.75, 3.05) is 4.90 Å². The van der Waals surface area contributed by atoms with Crippen LogP contribution in [-0.4, -0.2) is 28.8 Å². The molecule has 0 bridgehead atoms. The third-order valence-electron chi connectivity index (χ3n) is 2.98. The Labute approximate surface area is 108 Å². The molecule has 6 heteroatoms. The monoisotopic (exact) mass is 264 g/mol. The number of benzene rings is 1. The van der Waals surface area contributed by atoms with Crippen LogP contribution in [0.2, 0.25) is 5.02 Å². The minimum atomic E-state index is -0.811. The van der Waals surface area contributed by atoms with Gasteiger partial charge < -0.3 is 0 Å². The average Bonchev–Trinajstić information content (AvgIpc) is 3.10. The summed E-state index contributed by atoms with van der Waals surface area (Å²) in [6, 6.07) is 5.64. The molecule has 5 nitrogen and oxygen atoms in total.